The summed E-state index contributed by atoms with van der Waals surface area (Å²) < 4.78 is 26.1. The number of rotatable bonds is 3. The van der Waals surface area contributed by atoms with Crippen molar-refractivity contribution in [1.82, 2.24) is 0 Å². The van der Waals surface area contributed by atoms with E-state index in [2.05, 4.69) is 0 Å². The lowest BCUT2D eigenvalue weighted by Gasteiger charge is -2.29. The van der Waals surface area contributed by atoms with Crippen LogP contribution in [0.5, 0.6) is 0 Å². The van der Waals surface area contributed by atoms with Crippen molar-refractivity contribution in [2.24, 2.45) is 11.7 Å². The Labute approximate surface area is 101 Å². The molecule has 0 spiro atoms. The minimum absolute atomic E-state index is 0.172. The summed E-state index contributed by atoms with van der Waals surface area (Å²) in [5.41, 5.74) is 6.65. The summed E-state index contributed by atoms with van der Waals surface area (Å²) in [6.45, 7) is 0.510. The summed E-state index contributed by atoms with van der Waals surface area (Å²) in [5.74, 6) is -0.853. The molecule has 2 rings (SSSR count). The summed E-state index contributed by atoms with van der Waals surface area (Å²) >= 11 is 0. The molecule has 1 atom stereocenters. The fraction of sp³-hybridized carbons (Fsp3) is 0.571. The molecule has 1 aliphatic carbocycles. The zero-order valence-corrected chi connectivity index (χ0v) is 9.96. The lowest BCUT2D eigenvalue weighted by molar-refractivity contribution is 0.306. The van der Waals surface area contributed by atoms with Gasteiger partial charge in [0.05, 0.1) is 0 Å². The van der Waals surface area contributed by atoms with Crippen molar-refractivity contribution < 1.29 is 8.78 Å². The van der Waals surface area contributed by atoms with Crippen LogP contribution in [-0.4, -0.2) is 6.54 Å². The van der Waals surface area contributed by atoms with E-state index in [1.807, 2.05) is 0 Å². The van der Waals surface area contributed by atoms with E-state index >= 15 is 0 Å². The van der Waals surface area contributed by atoms with Gasteiger partial charge in [-0.05, 0) is 48.9 Å². The monoisotopic (exact) mass is 239 g/mol. The number of benzene rings is 1. The van der Waals surface area contributed by atoms with Crippen LogP contribution in [0.25, 0.3) is 0 Å². The maximum atomic E-state index is 13.2. The second kappa shape index (κ2) is 5.58. The van der Waals surface area contributed by atoms with Gasteiger partial charge in [0.1, 0.15) is 0 Å². The second-order valence-corrected chi connectivity index (χ2v) is 4.91. The van der Waals surface area contributed by atoms with Gasteiger partial charge in [0.25, 0.3) is 0 Å². The lowest BCUT2D eigenvalue weighted by atomic mass is 9.77. The van der Waals surface area contributed by atoms with Gasteiger partial charge >= 0.3 is 0 Å². The molecule has 1 nitrogen and oxygen atoms in total. The van der Waals surface area contributed by atoms with Crippen molar-refractivity contribution >= 4 is 0 Å². The highest BCUT2D eigenvalue weighted by Crippen LogP contribution is 2.35. The van der Waals surface area contributed by atoms with Gasteiger partial charge in [-0.1, -0.05) is 25.3 Å². The van der Waals surface area contributed by atoms with Crippen LogP contribution in [0.1, 0.15) is 43.6 Å². The van der Waals surface area contributed by atoms with E-state index in [0.717, 1.165) is 18.4 Å². The van der Waals surface area contributed by atoms with Crippen molar-refractivity contribution in [2.75, 3.05) is 6.54 Å². The number of halogens is 2. The first-order chi connectivity index (χ1) is 8.22. The summed E-state index contributed by atoms with van der Waals surface area (Å²) in [6, 6.07) is 4.18. The lowest BCUT2D eigenvalue weighted by Crippen LogP contribution is -2.23. The molecular formula is C14H19F2N. The van der Waals surface area contributed by atoms with Gasteiger partial charge in [-0.2, -0.15) is 0 Å². The first-order valence-corrected chi connectivity index (χ1v) is 6.37. The summed E-state index contributed by atoms with van der Waals surface area (Å²) in [7, 11) is 0. The van der Waals surface area contributed by atoms with Gasteiger partial charge in [0, 0.05) is 0 Å². The Hall–Kier alpha value is -0.960. The van der Waals surface area contributed by atoms with Gasteiger partial charge < -0.3 is 5.73 Å². The molecule has 1 fully saturated rings. The van der Waals surface area contributed by atoms with E-state index in [4.69, 9.17) is 5.73 Å². The van der Waals surface area contributed by atoms with Crippen LogP contribution < -0.4 is 5.73 Å². The Kier molecular flexibility index (Phi) is 4.11. The third-order valence-corrected chi connectivity index (χ3v) is 3.84. The maximum absolute atomic E-state index is 13.2. The first kappa shape index (κ1) is 12.5. The quantitative estimate of drug-likeness (QED) is 0.857. The molecule has 1 unspecified atom stereocenters. The molecule has 94 valence electrons. The zero-order valence-electron chi connectivity index (χ0n) is 9.96. The van der Waals surface area contributed by atoms with Crippen molar-refractivity contribution in [3.05, 3.63) is 35.4 Å². The van der Waals surface area contributed by atoms with Crippen LogP contribution in [-0.2, 0) is 0 Å². The molecule has 0 radical (unpaired) electrons. The Morgan fingerprint density at radius 3 is 2.41 bits per heavy atom. The average Bonchev–Trinajstić information content (AvgIpc) is 2.36. The Bertz CT molecular complexity index is 372. The van der Waals surface area contributed by atoms with Gasteiger partial charge in [0.2, 0.25) is 0 Å². The predicted molar refractivity (Wildman–Crippen MR) is 64.7 cm³/mol. The molecule has 0 aliphatic heterocycles. The van der Waals surface area contributed by atoms with Crippen molar-refractivity contribution in [3.8, 4) is 0 Å². The Morgan fingerprint density at radius 2 is 1.82 bits per heavy atom. The van der Waals surface area contributed by atoms with Gasteiger partial charge in [-0.3, -0.25) is 0 Å². The molecule has 17 heavy (non-hydrogen) atoms. The molecule has 1 aromatic rings. The minimum Gasteiger partial charge on any atom is -0.330 e. The highest BCUT2D eigenvalue weighted by atomic mass is 19.2. The SMILES string of the molecule is NCC(c1ccc(F)c(F)c1)C1CCCCC1. The molecule has 0 saturated heterocycles. The molecule has 0 aromatic heterocycles. The van der Waals surface area contributed by atoms with E-state index < -0.39 is 11.6 Å². The van der Waals surface area contributed by atoms with Crippen molar-refractivity contribution in [3.63, 3.8) is 0 Å². The molecule has 0 heterocycles. The molecule has 3 heteroatoms. The molecule has 0 bridgehead atoms. The predicted octanol–water partition coefficient (Wildman–Crippen LogP) is 3.59. The highest BCUT2D eigenvalue weighted by molar-refractivity contribution is 5.23. The van der Waals surface area contributed by atoms with E-state index in [0.29, 0.717) is 12.5 Å². The van der Waals surface area contributed by atoms with E-state index in [1.165, 1.54) is 31.4 Å². The summed E-state index contributed by atoms with van der Waals surface area (Å²) in [4.78, 5) is 0. The second-order valence-electron chi connectivity index (χ2n) is 4.91. The summed E-state index contributed by atoms with van der Waals surface area (Å²) in [5, 5.41) is 0. The van der Waals surface area contributed by atoms with Gasteiger partial charge in [0.15, 0.2) is 11.6 Å². The van der Waals surface area contributed by atoms with E-state index in [9.17, 15) is 8.78 Å². The van der Waals surface area contributed by atoms with Crippen LogP contribution >= 0.6 is 0 Å². The number of nitrogens with two attached hydrogens (primary N) is 1. The van der Waals surface area contributed by atoms with Crippen LogP contribution in [0.15, 0.2) is 18.2 Å². The van der Waals surface area contributed by atoms with Crippen LogP contribution in [0, 0.1) is 17.6 Å². The molecule has 0 amide bonds. The smallest absolute Gasteiger partial charge is 0.159 e. The Morgan fingerprint density at radius 1 is 1.12 bits per heavy atom. The third-order valence-electron chi connectivity index (χ3n) is 3.84. The number of hydrogen-bond donors (Lipinski definition) is 1. The van der Waals surface area contributed by atoms with Crippen molar-refractivity contribution in [1.29, 1.82) is 0 Å². The van der Waals surface area contributed by atoms with Crippen molar-refractivity contribution in [2.45, 2.75) is 38.0 Å². The minimum atomic E-state index is -0.784. The Balaban J connectivity index is 2.18. The summed E-state index contributed by atoms with van der Waals surface area (Å²) in [6.07, 6.45) is 6.04. The van der Waals surface area contributed by atoms with Gasteiger partial charge in [-0.15, -0.1) is 0 Å². The van der Waals surface area contributed by atoms with Crippen LogP contribution in [0.3, 0.4) is 0 Å². The number of hydrogen-bond acceptors (Lipinski definition) is 1. The normalized spacial score (nSPS) is 19.2. The molecular weight excluding hydrogens is 220 g/mol. The third kappa shape index (κ3) is 2.83. The van der Waals surface area contributed by atoms with Crippen LogP contribution in [0.4, 0.5) is 8.78 Å². The standard InChI is InChI=1S/C14H19F2N/c15-13-7-6-11(8-14(13)16)12(9-17)10-4-2-1-3-5-10/h6-8,10,12H,1-5,9,17H2. The van der Waals surface area contributed by atoms with Gasteiger partial charge in [-0.25, -0.2) is 8.78 Å². The highest BCUT2D eigenvalue weighted by Gasteiger charge is 2.24. The molecule has 1 aromatic carbocycles. The zero-order chi connectivity index (χ0) is 12.3. The molecule has 1 aliphatic rings. The fourth-order valence-corrected chi connectivity index (χ4v) is 2.88. The average molecular weight is 239 g/mol. The maximum Gasteiger partial charge on any atom is 0.159 e. The molecule has 2 N–H and O–H groups in total. The fourth-order valence-electron chi connectivity index (χ4n) is 2.88. The molecule has 1 saturated carbocycles. The van der Waals surface area contributed by atoms with Crippen LogP contribution in [0.2, 0.25) is 0 Å². The largest absolute Gasteiger partial charge is 0.330 e. The topological polar surface area (TPSA) is 26.0 Å². The van der Waals surface area contributed by atoms with E-state index in [-0.39, 0.29) is 5.92 Å². The van der Waals surface area contributed by atoms with E-state index in [1.54, 1.807) is 6.07 Å². The first-order valence-electron chi connectivity index (χ1n) is 6.37.